The number of halogens is 1. The van der Waals surface area contributed by atoms with Crippen LogP contribution >= 0.6 is 0 Å². The van der Waals surface area contributed by atoms with Gasteiger partial charge >= 0.3 is 0 Å². The number of hydrogen-bond acceptors (Lipinski definition) is 5. The van der Waals surface area contributed by atoms with Crippen molar-refractivity contribution in [1.82, 2.24) is 10.1 Å². The normalized spacial score (nSPS) is 12.9. The van der Waals surface area contributed by atoms with Gasteiger partial charge in [0.1, 0.15) is 5.82 Å². The van der Waals surface area contributed by atoms with Crippen LogP contribution in [0.4, 0.5) is 15.8 Å². The van der Waals surface area contributed by atoms with Crippen molar-refractivity contribution in [1.29, 1.82) is 0 Å². The van der Waals surface area contributed by atoms with E-state index >= 15 is 0 Å². The summed E-state index contributed by atoms with van der Waals surface area (Å²) in [6.45, 7) is 1.36. The molecular weight excluding hydrogens is 419 g/mol. The maximum Gasteiger partial charge on any atom is 0.255 e. The summed E-state index contributed by atoms with van der Waals surface area (Å²) >= 11 is 0. The molecular formula is C26H23FN4O2. The predicted molar refractivity (Wildman–Crippen MR) is 124 cm³/mol. The van der Waals surface area contributed by atoms with Gasteiger partial charge in [-0.3, -0.25) is 4.79 Å². The Kier molecular flexibility index (Phi) is 5.85. The lowest BCUT2D eigenvalue weighted by Crippen LogP contribution is -2.29. The molecule has 0 aliphatic carbocycles. The maximum atomic E-state index is 13.2. The molecule has 0 radical (unpaired) electrons. The lowest BCUT2D eigenvalue weighted by molar-refractivity contribution is 0.102. The SMILES string of the molecule is O=C(Nc1cccc2c1CCCN2Cc1nc(Cc2ccccc2)no1)c1ccc(F)cc1. The van der Waals surface area contributed by atoms with Crippen molar-refractivity contribution in [2.24, 2.45) is 0 Å². The van der Waals surface area contributed by atoms with Gasteiger partial charge in [-0.2, -0.15) is 4.98 Å². The molecule has 0 bridgehead atoms. The number of amides is 1. The summed E-state index contributed by atoms with van der Waals surface area (Å²) in [6.07, 6.45) is 2.43. The van der Waals surface area contributed by atoms with E-state index in [4.69, 9.17) is 4.52 Å². The van der Waals surface area contributed by atoms with Gasteiger partial charge in [-0.1, -0.05) is 41.6 Å². The molecule has 1 amide bonds. The molecule has 1 aliphatic heterocycles. The highest BCUT2D eigenvalue weighted by Crippen LogP contribution is 2.34. The minimum Gasteiger partial charge on any atom is -0.362 e. The smallest absolute Gasteiger partial charge is 0.255 e. The van der Waals surface area contributed by atoms with Crippen LogP contribution in [0, 0.1) is 5.82 Å². The number of carbonyl (C=O) groups is 1. The van der Waals surface area contributed by atoms with Crippen LogP contribution in [0.25, 0.3) is 0 Å². The van der Waals surface area contributed by atoms with Crippen molar-refractivity contribution < 1.29 is 13.7 Å². The van der Waals surface area contributed by atoms with Crippen LogP contribution < -0.4 is 10.2 Å². The number of nitrogens with one attached hydrogen (secondary N) is 1. The van der Waals surface area contributed by atoms with Gasteiger partial charge in [0.15, 0.2) is 5.82 Å². The van der Waals surface area contributed by atoms with Gasteiger partial charge in [0.25, 0.3) is 5.91 Å². The molecule has 5 rings (SSSR count). The van der Waals surface area contributed by atoms with E-state index < -0.39 is 0 Å². The zero-order chi connectivity index (χ0) is 22.6. The molecule has 1 aliphatic rings. The number of fused-ring (bicyclic) bond motifs is 1. The van der Waals surface area contributed by atoms with Gasteiger partial charge in [0.2, 0.25) is 5.89 Å². The number of rotatable bonds is 6. The third-order valence-electron chi connectivity index (χ3n) is 5.74. The molecule has 6 nitrogen and oxygen atoms in total. The van der Waals surface area contributed by atoms with Crippen molar-refractivity contribution in [2.75, 3.05) is 16.8 Å². The number of benzene rings is 3. The Hall–Kier alpha value is -4.00. The first kappa shape index (κ1) is 20.9. The van der Waals surface area contributed by atoms with Crippen molar-refractivity contribution in [3.8, 4) is 0 Å². The number of carbonyl (C=O) groups excluding carboxylic acids is 1. The Morgan fingerprint density at radius 3 is 2.67 bits per heavy atom. The minimum absolute atomic E-state index is 0.261. The monoisotopic (exact) mass is 442 g/mol. The second kappa shape index (κ2) is 9.24. The molecule has 33 heavy (non-hydrogen) atoms. The molecule has 166 valence electrons. The first-order valence-corrected chi connectivity index (χ1v) is 10.9. The molecule has 0 atom stereocenters. The predicted octanol–water partition coefficient (Wildman–Crippen LogP) is 5.00. The quantitative estimate of drug-likeness (QED) is 0.455. The van der Waals surface area contributed by atoms with Gasteiger partial charge in [0.05, 0.1) is 6.54 Å². The van der Waals surface area contributed by atoms with E-state index in [2.05, 4.69) is 20.4 Å². The van der Waals surface area contributed by atoms with Crippen LogP contribution in [-0.4, -0.2) is 22.6 Å². The Morgan fingerprint density at radius 1 is 1.03 bits per heavy atom. The average Bonchev–Trinajstić information content (AvgIpc) is 3.27. The maximum absolute atomic E-state index is 13.2. The van der Waals surface area contributed by atoms with E-state index in [0.717, 1.165) is 41.9 Å². The van der Waals surface area contributed by atoms with Crippen LogP contribution in [0.5, 0.6) is 0 Å². The third kappa shape index (κ3) is 4.77. The summed E-state index contributed by atoms with van der Waals surface area (Å²) < 4.78 is 18.7. The molecule has 1 aromatic heterocycles. The van der Waals surface area contributed by atoms with Crippen LogP contribution in [0.2, 0.25) is 0 Å². The zero-order valence-electron chi connectivity index (χ0n) is 18.0. The summed E-state index contributed by atoms with van der Waals surface area (Å²) in [5, 5.41) is 7.12. The van der Waals surface area contributed by atoms with Crippen molar-refractivity contribution >= 4 is 17.3 Å². The highest BCUT2D eigenvalue weighted by molar-refractivity contribution is 6.05. The molecule has 7 heteroatoms. The van der Waals surface area contributed by atoms with Crippen molar-refractivity contribution in [2.45, 2.75) is 25.8 Å². The highest BCUT2D eigenvalue weighted by Gasteiger charge is 2.22. The molecule has 0 unspecified atom stereocenters. The number of aromatic nitrogens is 2. The van der Waals surface area contributed by atoms with Crippen LogP contribution in [0.15, 0.2) is 77.3 Å². The third-order valence-corrected chi connectivity index (χ3v) is 5.74. The highest BCUT2D eigenvalue weighted by atomic mass is 19.1. The second-order valence-corrected chi connectivity index (χ2v) is 8.06. The fourth-order valence-electron chi connectivity index (χ4n) is 4.15. The first-order chi connectivity index (χ1) is 16.2. The summed E-state index contributed by atoms with van der Waals surface area (Å²) in [5.74, 6) is 0.596. The Labute approximate surface area is 191 Å². The largest absolute Gasteiger partial charge is 0.362 e. The van der Waals surface area contributed by atoms with Crippen molar-refractivity contribution in [3.05, 3.63) is 107 Å². The van der Waals surface area contributed by atoms with Gasteiger partial charge in [-0.25, -0.2) is 4.39 Å². The zero-order valence-corrected chi connectivity index (χ0v) is 18.0. The van der Waals surface area contributed by atoms with Gasteiger partial charge in [-0.15, -0.1) is 0 Å². The number of anilines is 2. The Bertz CT molecular complexity index is 1260. The Balaban J connectivity index is 1.31. The van der Waals surface area contributed by atoms with Crippen LogP contribution in [0.3, 0.4) is 0 Å². The summed E-state index contributed by atoms with van der Waals surface area (Å²) in [6, 6.07) is 21.4. The summed E-state index contributed by atoms with van der Waals surface area (Å²) in [7, 11) is 0. The first-order valence-electron chi connectivity index (χ1n) is 10.9. The molecule has 0 fully saturated rings. The van der Waals surface area contributed by atoms with Crippen LogP contribution in [0.1, 0.15) is 39.6 Å². The van der Waals surface area contributed by atoms with E-state index in [1.165, 1.54) is 24.3 Å². The molecule has 0 saturated carbocycles. The molecule has 3 aromatic carbocycles. The van der Waals surface area contributed by atoms with E-state index in [0.29, 0.717) is 30.2 Å². The minimum atomic E-state index is -0.368. The standard InChI is InChI=1S/C26H23FN4O2/c27-20-13-11-19(12-14-20)26(32)28-22-9-4-10-23-21(22)8-5-15-31(23)17-25-29-24(30-33-25)16-18-6-2-1-3-7-18/h1-4,6-7,9-14H,5,8,15-17H2,(H,28,32). The van der Waals surface area contributed by atoms with Gasteiger partial charge < -0.3 is 14.7 Å². The fraction of sp³-hybridized carbons (Fsp3) is 0.192. The molecule has 2 heterocycles. The van der Waals surface area contributed by atoms with Crippen molar-refractivity contribution in [3.63, 3.8) is 0 Å². The van der Waals surface area contributed by atoms with Crippen LogP contribution in [-0.2, 0) is 19.4 Å². The summed E-state index contributed by atoms with van der Waals surface area (Å²) in [5.41, 5.74) is 4.43. The number of hydrogen-bond donors (Lipinski definition) is 1. The molecule has 0 saturated heterocycles. The van der Waals surface area contributed by atoms with E-state index in [1.54, 1.807) is 0 Å². The molecule has 1 N–H and O–H groups in total. The molecule has 0 spiro atoms. The van der Waals surface area contributed by atoms with E-state index in [-0.39, 0.29) is 11.7 Å². The van der Waals surface area contributed by atoms with E-state index in [1.807, 2.05) is 48.5 Å². The average molecular weight is 442 g/mol. The van der Waals surface area contributed by atoms with Gasteiger partial charge in [0, 0.05) is 29.9 Å². The lowest BCUT2D eigenvalue weighted by Gasteiger charge is -2.31. The van der Waals surface area contributed by atoms with E-state index in [9.17, 15) is 9.18 Å². The number of nitrogens with zero attached hydrogens (tertiary/aromatic N) is 3. The fourth-order valence-corrected chi connectivity index (χ4v) is 4.15. The lowest BCUT2D eigenvalue weighted by atomic mass is 9.99. The second-order valence-electron chi connectivity index (χ2n) is 8.06. The van der Waals surface area contributed by atoms with Gasteiger partial charge in [-0.05, 0) is 60.4 Å². The Morgan fingerprint density at radius 2 is 1.85 bits per heavy atom. The molecule has 4 aromatic rings. The topological polar surface area (TPSA) is 71.3 Å². The summed E-state index contributed by atoms with van der Waals surface area (Å²) in [4.78, 5) is 19.4.